The van der Waals surface area contributed by atoms with E-state index in [-0.39, 0.29) is 0 Å². The van der Waals surface area contributed by atoms with Crippen LogP contribution in [0.4, 0.5) is 4.79 Å². The molecule has 1 aliphatic rings. The van der Waals surface area contributed by atoms with Gasteiger partial charge >= 0.3 is 6.09 Å². The number of hydrogen-bond acceptors (Lipinski definition) is 3. The lowest BCUT2D eigenvalue weighted by Crippen LogP contribution is -2.46. The standard InChI is InChI=1S/C18H23Cl2NO3/c1-6-18(14-13(23-5)9-8-12(19)15(14)20)10-7-11-21(18)16(22)24-17(2,3)4/h6,8-9H,1,7,10-11H2,2-5H3. The lowest BCUT2D eigenvalue weighted by Gasteiger charge is -2.38. The van der Waals surface area contributed by atoms with E-state index in [2.05, 4.69) is 6.58 Å². The third kappa shape index (κ3) is 3.35. The molecule has 2 rings (SSSR count). The topological polar surface area (TPSA) is 38.8 Å². The van der Waals surface area contributed by atoms with Crippen molar-refractivity contribution in [2.45, 2.75) is 44.8 Å². The number of carbonyl (C=O) groups is 1. The molecule has 0 aliphatic carbocycles. The molecule has 1 atom stereocenters. The van der Waals surface area contributed by atoms with Gasteiger partial charge in [-0.25, -0.2) is 4.79 Å². The maximum atomic E-state index is 12.7. The van der Waals surface area contributed by atoms with Gasteiger partial charge < -0.3 is 9.47 Å². The van der Waals surface area contributed by atoms with Gasteiger partial charge in [0.2, 0.25) is 0 Å². The van der Waals surface area contributed by atoms with Crippen molar-refractivity contribution in [2.75, 3.05) is 13.7 Å². The van der Waals surface area contributed by atoms with Crippen LogP contribution in [0, 0.1) is 0 Å². The van der Waals surface area contributed by atoms with Crippen LogP contribution in [-0.2, 0) is 10.3 Å². The van der Waals surface area contributed by atoms with Crippen molar-refractivity contribution in [3.63, 3.8) is 0 Å². The zero-order valence-electron chi connectivity index (χ0n) is 14.5. The molecule has 0 N–H and O–H groups in total. The van der Waals surface area contributed by atoms with Crippen LogP contribution in [0.15, 0.2) is 24.8 Å². The number of ether oxygens (including phenoxy) is 2. The minimum absolute atomic E-state index is 0.367. The highest BCUT2D eigenvalue weighted by Crippen LogP contribution is 2.49. The molecule has 1 heterocycles. The van der Waals surface area contributed by atoms with Crippen molar-refractivity contribution in [3.8, 4) is 5.75 Å². The van der Waals surface area contributed by atoms with E-state index in [0.717, 1.165) is 6.42 Å². The third-order valence-electron chi connectivity index (χ3n) is 4.08. The molecule has 0 aromatic heterocycles. The van der Waals surface area contributed by atoms with Gasteiger partial charge in [-0.05, 0) is 45.7 Å². The highest BCUT2D eigenvalue weighted by molar-refractivity contribution is 6.42. The van der Waals surface area contributed by atoms with E-state index < -0.39 is 17.2 Å². The van der Waals surface area contributed by atoms with Crippen LogP contribution in [-0.4, -0.2) is 30.2 Å². The molecular formula is C18H23Cl2NO3. The Morgan fingerprint density at radius 1 is 1.38 bits per heavy atom. The molecule has 132 valence electrons. The second-order valence-electron chi connectivity index (χ2n) is 6.80. The fourth-order valence-electron chi connectivity index (χ4n) is 3.09. The van der Waals surface area contributed by atoms with Gasteiger partial charge in [0.15, 0.2) is 0 Å². The summed E-state index contributed by atoms with van der Waals surface area (Å²) >= 11 is 12.7. The molecular weight excluding hydrogens is 349 g/mol. The monoisotopic (exact) mass is 371 g/mol. The van der Waals surface area contributed by atoms with Crippen molar-refractivity contribution in [1.82, 2.24) is 4.90 Å². The van der Waals surface area contributed by atoms with Gasteiger partial charge in [0, 0.05) is 12.1 Å². The Morgan fingerprint density at radius 2 is 2.04 bits per heavy atom. The molecule has 1 amide bonds. The van der Waals surface area contributed by atoms with Gasteiger partial charge in [-0.15, -0.1) is 6.58 Å². The quantitative estimate of drug-likeness (QED) is 0.666. The van der Waals surface area contributed by atoms with E-state index in [1.165, 1.54) is 0 Å². The summed E-state index contributed by atoms with van der Waals surface area (Å²) in [7, 11) is 1.56. The second-order valence-corrected chi connectivity index (χ2v) is 7.59. The lowest BCUT2D eigenvalue weighted by atomic mass is 9.86. The minimum Gasteiger partial charge on any atom is -0.496 e. The van der Waals surface area contributed by atoms with E-state index in [9.17, 15) is 4.79 Å². The van der Waals surface area contributed by atoms with Crippen molar-refractivity contribution in [3.05, 3.63) is 40.4 Å². The third-order valence-corrected chi connectivity index (χ3v) is 4.89. The van der Waals surface area contributed by atoms with Gasteiger partial charge in [0.25, 0.3) is 0 Å². The van der Waals surface area contributed by atoms with E-state index in [1.807, 2.05) is 20.8 Å². The van der Waals surface area contributed by atoms with E-state index >= 15 is 0 Å². The Hall–Kier alpha value is -1.39. The SMILES string of the molecule is C=CC1(c2c(OC)ccc(Cl)c2Cl)CCCN1C(=O)OC(C)(C)C. The van der Waals surface area contributed by atoms with Crippen LogP contribution >= 0.6 is 23.2 Å². The maximum Gasteiger partial charge on any atom is 0.411 e. The molecule has 1 fully saturated rings. The zero-order valence-corrected chi connectivity index (χ0v) is 16.0. The first-order valence-corrected chi connectivity index (χ1v) is 8.58. The lowest BCUT2D eigenvalue weighted by molar-refractivity contribution is 0.0139. The molecule has 0 spiro atoms. The molecule has 1 aromatic rings. The zero-order chi connectivity index (χ0) is 18.1. The Kier molecular flexibility index (Phi) is 5.41. The molecule has 1 aliphatic heterocycles. The first kappa shape index (κ1) is 18.9. The highest BCUT2D eigenvalue weighted by atomic mass is 35.5. The van der Waals surface area contributed by atoms with Crippen molar-refractivity contribution in [1.29, 1.82) is 0 Å². The van der Waals surface area contributed by atoms with Crippen molar-refractivity contribution < 1.29 is 14.3 Å². The molecule has 1 aromatic carbocycles. The fourth-order valence-corrected chi connectivity index (χ4v) is 3.57. The van der Waals surface area contributed by atoms with Crippen LogP contribution in [0.1, 0.15) is 39.2 Å². The van der Waals surface area contributed by atoms with Gasteiger partial charge in [-0.3, -0.25) is 4.90 Å². The summed E-state index contributed by atoms with van der Waals surface area (Å²) in [6.45, 7) is 10.0. The van der Waals surface area contributed by atoms with E-state index in [1.54, 1.807) is 30.2 Å². The smallest absolute Gasteiger partial charge is 0.411 e. The Morgan fingerprint density at radius 3 is 2.58 bits per heavy atom. The number of halogens is 2. The van der Waals surface area contributed by atoms with Gasteiger partial charge in [-0.1, -0.05) is 29.3 Å². The average molecular weight is 372 g/mol. The largest absolute Gasteiger partial charge is 0.496 e. The second kappa shape index (κ2) is 6.85. The number of carbonyl (C=O) groups excluding carboxylic acids is 1. The molecule has 6 heteroatoms. The van der Waals surface area contributed by atoms with Crippen LogP contribution < -0.4 is 4.74 Å². The molecule has 0 radical (unpaired) electrons. The van der Waals surface area contributed by atoms with Gasteiger partial charge in [0.1, 0.15) is 11.4 Å². The summed E-state index contributed by atoms with van der Waals surface area (Å²) in [6.07, 6.45) is 2.80. The Bertz CT molecular complexity index is 654. The molecule has 0 saturated carbocycles. The van der Waals surface area contributed by atoms with Crippen LogP contribution in [0.3, 0.4) is 0 Å². The fraction of sp³-hybridized carbons (Fsp3) is 0.500. The summed E-state index contributed by atoms with van der Waals surface area (Å²) in [5, 5.41) is 0.774. The van der Waals surface area contributed by atoms with Crippen molar-refractivity contribution >= 4 is 29.3 Å². The number of methoxy groups -OCH3 is 1. The predicted octanol–water partition coefficient (Wildman–Crippen LogP) is 5.41. The summed E-state index contributed by atoms with van der Waals surface area (Å²) in [5.41, 5.74) is -0.748. The van der Waals surface area contributed by atoms with E-state index in [0.29, 0.717) is 34.3 Å². The predicted molar refractivity (Wildman–Crippen MR) is 97.1 cm³/mol. The molecule has 4 nitrogen and oxygen atoms in total. The first-order chi connectivity index (χ1) is 11.2. The maximum absolute atomic E-state index is 12.7. The van der Waals surface area contributed by atoms with Gasteiger partial charge in [-0.2, -0.15) is 0 Å². The number of rotatable bonds is 3. The average Bonchev–Trinajstić information content (AvgIpc) is 2.93. The highest BCUT2D eigenvalue weighted by Gasteiger charge is 2.47. The van der Waals surface area contributed by atoms with Crippen molar-refractivity contribution in [2.24, 2.45) is 0 Å². The number of nitrogens with zero attached hydrogens (tertiary/aromatic N) is 1. The van der Waals surface area contributed by atoms with Crippen LogP contribution in [0.2, 0.25) is 10.0 Å². The van der Waals surface area contributed by atoms with Gasteiger partial charge in [0.05, 0.1) is 22.7 Å². The molecule has 1 unspecified atom stereocenters. The van der Waals surface area contributed by atoms with Crippen LogP contribution in [0.25, 0.3) is 0 Å². The summed E-state index contributed by atoms with van der Waals surface area (Å²) in [4.78, 5) is 14.4. The molecule has 0 bridgehead atoms. The first-order valence-electron chi connectivity index (χ1n) is 7.83. The summed E-state index contributed by atoms with van der Waals surface area (Å²) in [6, 6.07) is 3.43. The normalized spacial score (nSPS) is 20.8. The number of likely N-dealkylation sites (tertiary alicyclic amines) is 1. The number of benzene rings is 1. The summed E-state index contributed by atoms with van der Waals surface area (Å²) < 4.78 is 11.0. The molecule has 1 saturated heterocycles. The van der Waals surface area contributed by atoms with Crippen LogP contribution in [0.5, 0.6) is 5.75 Å². The summed E-state index contributed by atoms with van der Waals surface area (Å²) in [5.74, 6) is 0.569. The number of hydrogen-bond donors (Lipinski definition) is 0. The molecule has 24 heavy (non-hydrogen) atoms. The Balaban J connectivity index is 2.58. The Labute approximate surface area is 153 Å². The van der Waals surface area contributed by atoms with E-state index in [4.69, 9.17) is 32.7 Å². The minimum atomic E-state index is -0.810. The number of amides is 1.